The number of anilines is 1. The van der Waals surface area contributed by atoms with Crippen molar-refractivity contribution < 1.29 is 27.8 Å². The van der Waals surface area contributed by atoms with E-state index in [1.54, 1.807) is 0 Å². The third-order valence-electron chi connectivity index (χ3n) is 9.07. The third-order valence-corrected chi connectivity index (χ3v) is 9.07. The van der Waals surface area contributed by atoms with Crippen LogP contribution in [0.15, 0.2) is 30.5 Å². The van der Waals surface area contributed by atoms with Gasteiger partial charge in [-0.05, 0) is 48.9 Å². The van der Waals surface area contributed by atoms with Crippen LogP contribution in [0.3, 0.4) is 0 Å². The Hall–Kier alpha value is -4.14. The molecule has 3 atom stereocenters. The summed E-state index contributed by atoms with van der Waals surface area (Å²) in [6.07, 6.45) is 8.34. The van der Waals surface area contributed by atoms with Gasteiger partial charge in [-0.2, -0.15) is 9.97 Å². The van der Waals surface area contributed by atoms with Gasteiger partial charge >= 0.3 is 6.01 Å². The molecule has 3 saturated heterocycles. The van der Waals surface area contributed by atoms with Gasteiger partial charge < -0.3 is 19.5 Å². The largest absolute Gasteiger partial charge is 0.508 e. The van der Waals surface area contributed by atoms with E-state index in [0.29, 0.717) is 55.9 Å². The molecule has 3 fully saturated rings. The van der Waals surface area contributed by atoms with Crippen molar-refractivity contribution in [3.05, 3.63) is 47.7 Å². The lowest BCUT2D eigenvalue weighted by Gasteiger charge is -2.31. The highest BCUT2D eigenvalue weighted by molar-refractivity contribution is 6.03. The highest BCUT2D eigenvalue weighted by Gasteiger charge is 2.49. The molecule has 0 bridgehead atoms. The van der Waals surface area contributed by atoms with E-state index in [1.807, 2.05) is 4.90 Å². The number of terminal acetylenes is 1. The Morgan fingerprint density at radius 1 is 1.20 bits per heavy atom. The predicted octanol–water partition coefficient (Wildman–Crippen LogP) is 5.24. The van der Waals surface area contributed by atoms with E-state index in [1.165, 1.54) is 30.5 Å². The Morgan fingerprint density at radius 3 is 2.91 bits per heavy atom. The lowest BCUT2D eigenvalue weighted by atomic mass is 9.95. The zero-order valence-electron chi connectivity index (χ0n) is 24.3. The molecular formula is C33H32F3N5O3. The van der Waals surface area contributed by atoms with Gasteiger partial charge in [0.2, 0.25) is 0 Å². The Morgan fingerprint density at radius 2 is 2.07 bits per heavy atom. The van der Waals surface area contributed by atoms with Crippen LogP contribution in [0.1, 0.15) is 31.7 Å². The topological polar surface area (TPSA) is 83.8 Å². The molecule has 44 heavy (non-hydrogen) atoms. The molecule has 5 heterocycles. The van der Waals surface area contributed by atoms with Crippen LogP contribution in [0.4, 0.5) is 19.0 Å². The van der Waals surface area contributed by atoms with Crippen molar-refractivity contribution in [1.29, 1.82) is 0 Å². The molecule has 0 saturated carbocycles. The Bertz CT molecular complexity index is 1810. The highest BCUT2D eigenvalue weighted by atomic mass is 19.1. The molecule has 8 nitrogen and oxygen atoms in total. The number of halogens is 3. The zero-order valence-corrected chi connectivity index (χ0v) is 24.3. The number of aromatic hydroxyl groups is 1. The van der Waals surface area contributed by atoms with E-state index in [0.717, 1.165) is 19.4 Å². The first-order valence-electron chi connectivity index (χ1n) is 14.9. The molecule has 11 heteroatoms. The van der Waals surface area contributed by atoms with Crippen molar-refractivity contribution in [2.24, 2.45) is 5.92 Å². The van der Waals surface area contributed by atoms with Crippen molar-refractivity contribution in [3.63, 3.8) is 0 Å². The summed E-state index contributed by atoms with van der Waals surface area (Å²) in [4.78, 5) is 17.9. The van der Waals surface area contributed by atoms with Gasteiger partial charge in [0.15, 0.2) is 5.82 Å². The first kappa shape index (κ1) is 28.6. The van der Waals surface area contributed by atoms with Crippen molar-refractivity contribution in [3.8, 4) is 35.4 Å². The standard InChI is InChI=1S/C33H32F3N5O3/c1-3-23-26(35)6-5-20-11-22(42)12-24(27(20)23)29-28(36)30-25(14-37-29)31(40-9-10-43-17-19(2)15-40)39-32(38-30)44-18-33-7-4-8-41(33)16-21(34)13-33/h1,5-6,11-12,14,19,21,42H,4,7-10,13,15-18H2,2H3. The lowest BCUT2D eigenvalue weighted by molar-refractivity contribution is 0.107. The SMILES string of the molecule is C#Cc1c(F)ccc2cc(O)cc(-c3ncc4c(N5CCOCC(C)C5)nc(OCC56CCCN5CC(F)C6)nc4c3F)c12. The monoisotopic (exact) mass is 603 g/mol. The van der Waals surface area contributed by atoms with E-state index in [9.17, 15) is 13.9 Å². The summed E-state index contributed by atoms with van der Waals surface area (Å²) >= 11 is 0. The minimum Gasteiger partial charge on any atom is -0.508 e. The summed E-state index contributed by atoms with van der Waals surface area (Å²) in [7, 11) is 0. The maximum atomic E-state index is 16.7. The molecule has 3 unspecified atom stereocenters. The number of rotatable bonds is 5. The summed E-state index contributed by atoms with van der Waals surface area (Å²) in [5.74, 6) is 1.40. The van der Waals surface area contributed by atoms with Gasteiger partial charge in [-0.3, -0.25) is 9.88 Å². The first-order chi connectivity index (χ1) is 21.3. The number of nitrogens with zero attached hydrogens (tertiary/aromatic N) is 5. The second-order valence-corrected chi connectivity index (χ2v) is 12.2. The van der Waals surface area contributed by atoms with Crippen molar-refractivity contribution >= 4 is 27.5 Å². The van der Waals surface area contributed by atoms with E-state index >= 15 is 4.39 Å². The molecule has 0 amide bonds. The second kappa shape index (κ2) is 11.1. The fourth-order valence-electron chi connectivity index (χ4n) is 7.09. The summed E-state index contributed by atoms with van der Waals surface area (Å²) in [5.41, 5.74) is -0.570. The van der Waals surface area contributed by atoms with Crippen LogP contribution in [-0.2, 0) is 4.74 Å². The average Bonchev–Trinajstić information content (AvgIpc) is 3.43. The Kier molecular flexibility index (Phi) is 7.22. The summed E-state index contributed by atoms with van der Waals surface area (Å²) in [6.45, 7) is 5.60. The number of alkyl halides is 1. The van der Waals surface area contributed by atoms with E-state index in [2.05, 4.69) is 27.7 Å². The predicted molar refractivity (Wildman–Crippen MR) is 161 cm³/mol. The number of hydrogen-bond acceptors (Lipinski definition) is 8. The van der Waals surface area contributed by atoms with Crippen LogP contribution in [0.2, 0.25) is 0 Å². The van der Waals surface area contributed by atoms with Gasteiger partial charge in [-0.15, -0.1) is 6.42 Å². The lowest BCUT2D eigenvalue weighted by Crippen LogP contribution is -2.43. The summed E-state index contributed by atoms with van der Waals surface area (Å²) in [6, 6.07) is 5.40. The molecule has 1 N–H and O–H groups in total. The molecule has 0 radical (unpaired) electrons. The molecule has 0 spiro atoms. The molecule has 228 valence electrons. The molecule has 7 rings (SSSR count). The molecule has 3 aliphatic rings. The van der Waals surface area contributed by atoms with Crippen LogP contribution in [0.25, 0.3) is 32.9 Å². The zero-order chi connectivity index (χ0) is 30.6. The maximum absolute atomic E-state index is 16.7. The smallest absolute Gasteiger partial charge is 0.319 e. The molecule has 2 aromatic carbocycles. The minimum absolute atomic E-state index is 0.0268. The van der Waals surface area contributed by atoms with Crippen LogP contribution in [-0.4, -0.2) is 82.7 Å². The van der Waals surface area contributed by atoms with Crippen LogP contribution in [0.5, 0.6) is 11.8 Å². The average molecular weight is 604 g/mol. The van der Waals surface area contributed by atoms with E-state index in [4.69, 9.17) is 20.9 Å². The number of aromatic nitrogens is 3. The van der Waals surface area contributed by atoms with Gasteiger partial charge in [0.1, 0.15) is 41.4 Å². The fraction of sp³-hybridized carbons (Fsp3) is 0.424. The second-order valence-electron chi connectivity index (χ2n) is 12.2. The number of benzene rings is 2. The summed E-state index contributed by atoms with van der Waals surface area (Å²) < 4.78 is 57.8. The third kappa shape index (κ3) is 4.86. The quantitative estimate of drug-likeness (QED) is 0.311. The van der Waals surface area contributed by atoms with Gasteiger partial charge in [-0.1, -0.05) is 18.9 Å². The van der Waals surface area contributed by atoms with Gasteiger partial charge in [0.05, 0.1) is 29.7 Å². The number of phenolic OH excluding ortho intramolecular Hbond substituents is 1. The Labute approximate surface area is 252 Å². The molecule has 3 aliphatic heterocycles. The number of ether oxygens (including phenoxy) is 2. The van der Waals surface area contributed by atoms with E-state index in [-0.39, 0.29) is 52.0 Å². The van der Waals surface area contributed by atoms with Gasteiger partial charge in [0.25, 0.3) is 0 Å². The molecule has 0 aliphatic carbocycles. The van der Waals surface area contributed by atoms with Crippen molar-refractivity contribution in [2.75, 3.05) is 50.9 Å². The number of fused-ring (bicyclic) bond motifs is 3. The fourth-order valence-corrected chi connectivity index (χ4v) is 7.09. The van der Waals surface area contributed by atoms with Crippen LogP contribution < -0.4 is 9.64 Å². The number of phenols is 1. The van der Waals surface area contributed by atoms with Gasteiger partial charge in [-0.25, -0.2) is 13.2 Å². The normalized spacial score (nSPS) is 24.0. The molecular weight excluding hydrogens is 571 g/mol. The van der Waals surface area contributed by atoms with Crippen LogP contribution in [0, 0.1) is 29.9 Å². The number of hydrogen-bond donors (Lipinski definition) is 1. The minimum atomic E-state index is -0.925. The highest BCUT2D eigenvalue weighted by Crippen LogP contribution is 2.41. The summed E-state index contributed by atoms with van der Waals surface area (Å²) in [5, 5.41) is 11.5. The first-order valence-corrected chi connectivity index (χ1v) is 14.9. The van der Waals surface area contributed by atoms with Gasteiger partial charge in [0, 0.05) is 43.2 Å². The maximum Gasteiger partial charge on any atom is 0.319 e. The molecule has 4 aromatic rings. The van der Waals surface area contributed by atoms with E-state index < -0.39 is 23.3 Å². The van der Waals surface area contributed by atoms with Crippen LogP contribution >= 0.6 is 0 Å². The van der Waals surface area contributed by atoms with Crippen molar-refractivity contribution in [1.82, 2.24) is 19.9 Å². The Balaban J connectivity index is 1.38. The number of pyridine rings is 1. The molecule has 2 aromatic heterocycles. The van der Waals surface area contributed by atoms with Crippen molar-refractivity contribution in [2.45, 2.75) is 37.9 Å².